The highest BCUT2D eigenvalue weighted by atomic mass is 15.3. The Kier molecular flexibility index (Phi) is 10.1. The molecule has 4 aromatic rings. The molecule has 0 unspecified atom stereocenters. The van der Waals surface area contributed by atoms with Crippen LogP contribution in [0.3, 0.4) is 0 Å². The molecule has 252 valence electrons. The van der Waals surface area contributed by atoms with Crippen LogP contribution in [0, 0.1) is 0 Å². The Labute approximate surface area is 285 Å². The van der Waals surface area contributed by atoms with E-state index in [1.807, 2.05) is 0 Å². The van der Waals surface area contributed by atoms with Crippen molar-refractivity contribution in [3.8, 4) is 22.8 Å². The van der Waals surface area contributed by atoms with Crippen molar-refractivity contribution < 1.29 is 18.3 Å². The fourth-order valence-electron chi connectivity index (χ4n) is 7.35. The van der Waals surface area contributed by atoms with Gasteiger partial charge >= 0.3 is 23.3 Å². The van der Waals surface area contributed by atoms with E-state index >= 15 is 0 Å². The number of aromatic nitrogens is 8. The standard InChI is InChI=1S/C38H54N10/c1-5-9-13-27-17-31-32-18-28(14-10-6-2)42-36-23-40-24-38-44-30(16-12-8-4)20-34(48(38)26-46(32)36)33-19-29(15-11-7-3)43-37-22-39-21-35(41-27)45(31)25-47(33)37/h17-20,39-40H,5-16,21-26H2,1-4H3/q+4. The van der Waals surface area contributed by atoms with Crippen LogP contribution in [0.5, 0.6) is 0 Å². The van der Waals surface area contributed by atoms with Gasteiger partial charge in [0.15, 0.2) is 45.6 Å². The van der Waals surface area contributed by atoms with Crippen LogP contribution in [-0.4, -0.2) is 19.9 Å². The van der Waals surface area contributed by atoms with Crippen molar-refractivity contribution >= 4 is 0 Å². The predicted octanol–water partition coefficient (Wildman–Crippen LogP) is 3.65. The van der Waals surface area contributed by atoms with E-state index in [4.69, 9.17) is 19.9 Å². The topological polar surface area (TPSA) is 91.1 Å². The smallest absolute Gasteiger partial charge is 0.295 e. The Balaban J connectivity index is 1.56. The fraction of sp³-hybridized carbons (Fsp3) is 0.579. The van der Waals surface area contributed by atoms with E-state index in [1.165, 1.54) is 22.8 Å². The molecule has 10 nitrogen and oxygen atoms in total. The largest absolute Gasteiger partial charge is 0.316 e. The van der Waals surface area contributed by atoms with Crippen LogP contribution < -0.4 is 28.9 Å². The molecule has 3 aliphatic rings. The number of rotatable bonds is 12. The van der Waals surface area contributed by atoms with E-state index < -0.39 is 0 Å². The number of aryl methyl sites for hydroxylation is 4. The van der Waals surface area contributed by atoms with Crippen molar-refractivity contribution in [1.82, 2.24) is 30.6 Å². The third-order valence-electron chi connectivity index (χ3n) is 10.1. The number of nitrogens with one attached hydrogen (secondary N) is 2. The summed E-state index contributed by atoms with van der Waals surface area (Å²) < 4.78 is 9.82. The van der Waals surface area contributed by atoms with Crippen LogP contribution in [0.15, 0.2) is 24.3 Å². The Hall–Kier alpha value is -3.76. The van der Waals surface area contributed by atoms with Gasteiger partial charge in [0, 0.05) is 49.9 Å². The van der Waals surface area contributed by atoms with Gasteiger partial charge in [-0.15, -0.1) is 0 Å². The average Bonchev–Trinajstić information content (AvgIpc) is 3.08. The molecule has 0 saturated heterocycles. The molecule has 0 aromatic carbocycles. The summed E-state index contributed by atoms with van der Waals surface area (Å²) in [5.74, 6) is 4.32. The van der Waals surface area contributed by atoms with Crippen LogP contribution >= 0.6 is 0 Å². The molecule has 3 aliphatic heterocycles. The van der Waals surface area contributed by atoms with Gasteiger partial charge < -0.3 is 0 Å². The van der Waals surface area contributed by atoms with E-state index in [-0.39, 0.29) is 0 Å². The minimum atomic E-state index is 0.654. The maximum absolute atomic E-state index is 5.32. The predicted molar refractivity (Wildman–Crippen MR) is 182 cm³/mol. The summed E-state index contributed by atoms with van der Waals surface area (Å²) in [5, 5.41) is 7.52. The average molecular weight is 651 g/mol. The van der Waals surface area contributed by atoms with Gasteiger partial charge in [-0.3, -0.25) is 10.6 Å². The highest BCUT2D eigenvalue weighted by Gasteiger charge is 2.39. The maximum Gasteiger partial charge on any atom is 0.316 e. The lowest BCUT2D eigenvalue weighted by Gasteiger charge is -2.22. The quantitative estimate of drug-likeness (QED) is 0.201. The first-order valence-corrected chi connectivity index (χ1v) is 18.7. The van der Waals surface area contributed by atoms with Gasteiger partial charge in [0.05, 0.1) is 0 Å². The van der Waals surface area contributed by atoms with Crippen molar-refractivity contribution in [3.05, 3.63) is 70.3 Å². The van der Waals surface area contributed by atoms with E-state index in [0.717, 1.165) is 123 Å². The molecule has 7 rings (SSSR count). The maximum atomic E-state index is 5.32. The van der Waals surface area contributed by atoms with Gasteiger partial charge in [0.1, 0.15) is 26.2 Å². The molecule has 48 heavy (non-hydrogen) atoms. The summed E-state index contributed by atoms with van der Waals surface area (Å²) in [6.45, 7) is 13.1. The zero-order chi connectivity index (χ0) is 33.0. The number of fused-ring (bicyclic) bond motifs is 2. The molecule has 4 aromatic heterocycles. The van der Waals surface area contributed by atoms with E-state index in [0.29, 0.717) is 39.5 Å². The van der Waals surface area contributed by atoms with Gasteiger partial charge in [-0.05, 0) is 45.6 Å². The van der Waals surface area contributed by atoms with Crippen molar-refractivity contribution in [2.75, 3.05) is 0 Å². The summed E-state index contributed by atoms with van der Waals surface area (Å²) in [5.41, 5.74) is 9.47. The molecule has 7 heterocycles. The lowest BCUT2D eigenvalue weighted by Crippen LogP contribution is -2.66. The van der Waals surface area contributed by atoms with Gasteiger partial charge in [0.2, 0.25) is 13.3 Å². The molecule has 10 heteroatoms. The Bertz CT molecular complexity index is 1540. The molecule has 0 spiro atoms. The highest BCUT2D eigenvalue weighted by molar-refractivity contribution is 5.50. The van der Waals surface area contributed by atoms with Crippen LogP contribution in [0.4, 0.5) is 0 Å². The number of unbranched alkanes of at least 4 members (excludes halogenated alkanes) is 4. The van der Waals surface area contributed by atoms with Crippen molar-refractivity contribution in [3.63, 3.8) is 0 Å². The first-order valence-electron chi connectivity index (χ1n) is 18.7. The summed E-state index contributed by atoms with van der Waals surface area (Å²) >= 11 is 0. The Morgan fingerprint density at radius 1 is 0.438 bits per heavy atom. The van der Waals surface area contributed by atoms with Gasteiger partial charge in [0.25, 0.3) is 0 Å². The summed E-state index contributed by atoms with van der Waals surface area (Å²) in [6, 6.07) is 9.45. The summed E-state index contributed by atoms with van der Waals surface area (Å²) in [6.07, 6.45) is 13.0. The second-order valence-corrected chi connectivity index (χ2v) is 13.8. The SMILES string of the molecule is CCCCc1cc2[n+]3c(n1)CNCc1nc(CCCC)cc([n+]1C3)-c1cc(CCCC)nc3[n+]1C[n+]1c-2cc(CCCC)nc1CNC3. The monoisotopic (exact) mass is 650 g/mol. The lowest BCUT2D eigenvalue weighted by atomic mass is 10.1. The third-order valence-corrected chi connectivity index (χ3v) is 10.1. The van der Waals surface area contributed by atoms with Crippen LogP contribution in [0.25, 0.3) is 22.8 Å². The minimum Gasteiger partial charge on any atom is -0.295 e. The zero-order valence-corrected chi connectivity index (χ0v) is 29.6. The molecule has 4 bridgehead atoms. The second-order valence-electron chi connectivity index (χ2n) is 13.8. The van der Waals surface area contributed by atoms with Crippen molar-refractivity contribution in [2.45, 2.75) is 144 Å². The fourth-order valence-corrected chi connectivity index (χ4v) is 7.35. The molecule has 0 aliphatic carbocycles. The van der Waals surface area contributed by atoms with Gasteiger partial charge in [-0.1, -0.05) is 53.4 Å². The summed E-state index contributed by atoms with van der Waals surface area (Å²) in [4.78, 5) is 21.3. The molecule has 0 saturated carbocycles. The van der Waals surface area contributed by atoms with Gasteiger partial charge in [-0.25, -0.2) is 0 Å². The normalized spacial score (nSPS) is 14.6. The van der Waals surface area contributed by atoms with E-state index in [2.05, 4.69) is 80.9 Å². The molecule has 0 fully saturated rings. The third kappa shape index (κ3) is 6.61. The minimum absolute atomic E-state index is 0.654. The first kappa shape index (κ1) is 32.8. The van der Waals surface area contributed by atoms with E-state index in [1.54, 1.807) is 0 Å². The highest BCUT2D eigenvalue weighted by Crippen LogP contribution is 2.23. The number of nitrogens with zero attached hydrogens (tertiary/aromatic N) is 8. The lowest BCUT2D eigenvalue weighted by molar-refractivity contribution is -0.938. The van der Waals surface area contributed by atoms with Crippen LogP contribution in [-0.2, 0) is 65.2 Å². The summed E-state index contributed by atoms with van der Waals surface area (Å²) in [7, 11) is 0. The number of hydrogen-bond acceptors (Lipinski definition) is 6. The van der Waals surface area contributed by atoms with Gasteiger partial charge in [-0.2, -0.15) is 18.3 Å². The second kappa shape index (κ2) is 14.8. The Morgan fingerprint density at radius 2 is 0.688 bits per heavy atom. The first-order chi connectivity index (χ1) is 23.6. The molecule has 0 atom stereocenters. The Morgan fingerprint density at radius 3 is 0.917 bits per heavy atom. The molecule has 2 N–H and O–H groups in total. The molecule has 0 amide bonds. The molecule has 0 radical (unpaired) electrons. The van der Waals surface area contributed by atoms with Crippen molar-refractivity contribution in [1.29, 1.82) is 0 Å². The van der Waals surface area contributed by atoms with Crippen LogP contribution in [0.2, 0.25) is 0 Å². The van der Waals surface area contributed by atoms with E-state index in [9.17, 15) is 0 Å². The number of hydrogen-bond donors (Lipinski definition) is 2. The molecular weight excluding hydrogens is 596 g/mol. The zero-order valence-electron chi connectivity index (χ0n) is 29.6. The van der Waals surface area contributed by atoms with Crippen molar-refractivity contribution in [2.24, 2.45) is 0 Å². The molecular formula is C38H54N10+4. The van der Waals surface area contributed by atoms with Crippen LogP contribution in [0.1, 0.15) is 125 Å².